The molecule has 0 bridgehead atoms. The van der Waals surface area contributed by atoms with Gasteiger partial charge in [0.25, 0.3) is 11.7 Å². The maximum atomic E-state index is 12.8. The van der Waals surface area contributed by atoms with E-state index >= 15 is 0 Å². The molecule has 0 radical (unpaired) electrons. The number of likely N-dealkylation sites (tertiary alicyclic amines) is 1. The van der Waals surface area contributed by atoms with Gasteiger partial charge in [-0.3, -0.25) is 9.59 Å². The lowest BCUT2D eigenvalue weighted by Gasteiger charge is -2.25. The first kappa shape index (κ1) is 20.4. The van der Waals surface area contributed by atoms with E-state index in [-0.39, 0.29) is 24.5 Å². The molecule has 2 N–H and O–H groups in total. The Morgan fingerprint density at radius 2 is 1.52 bits per heavy atom. The van der Waals surface area contributed by atoms with Gasteiger partial charge in [-0.1, -0.05) is 12.1 Å². The number of Topliss-reactive ketones (excluding diaryl/α,β-unsaturated/α-hetero) is 1. The summed E-state index contributed by atoms with van der Waals surface area (Å²) in [6, 6.07) is 12.8. The van der Waals surface area contributed by atoms with Gasteiger partial charge in [-0.05, 0) is 48.4 Å². The normalized spacial score (nSPS) is 18.2. The van der Waals surface area contributed by atoms with E-state index in [1.165, 1.54) is 12.0 Å². The van der Waals surface area contributed by atoms with E-state index in [2.05, 4.69) is 0 Å². The minimum Gasteiger partial charge on any atom is -0.507 e. The molecule has 0 aliphatic carbocycles. The van der Waals surface area contributed by atoms with Gasteiger partial charge in [0.15, 0.2) is 0 Å². The average Bonchev–Trinajstić information content (AvgIpc) is 3.02. The number of ketones is 1. The van der Waals surface area contributed by atoms with Crippen LogP contribution in [0.1, 0.15) is 23.6 Å². The first-order chi connectivity index (χ1) is 14.0. The maximum absolute atomic E-state index is 12.8. The van der Waals surface area contributed by atoms with E-state index in [0.717, 1.165) is 0 Å². The summed E-state index contributed by atoms with van der Waals surface area (Å²) in [7, 11) is 3.08. The number of aliphatic hydroxyl groups is 2. The van der Waals surface area contributed by atoms with Gasteiger partial charge >= 0.3 is 0 Å². The summed E-state index contributed by atoms with van der Waals surface area (Å²) >= 11 is 0. The van der Waals surface area contributed by atoms with E-state index in [9.17, 15) is 19.8 Å². The number of carbonyl (C=O) groups excluding carboxylic acids is 2. The Kier molecular flexibility index (Phi) is 6.19. The third-order valence-corrected chi connectivity index (χ3v) is 4.89. The molecule has 1 amide bonds. The van der Waals surface area contributed by atoms with Crippen LogP contribution in [0, 0.1) is 0 Å². The average molecular weight is 397 g/mol. The zero-order valence-electron chi connectivity index (χ0n) is 16.3. The molecular formula is C22H23NO6. The van der Waals surface area contributed by atoms with Crippen LogP contribution in [0.5, 0.6) is 11.5 Å². The second kappa shape index (κ2) is 8.79. The highest BCUT2D eigenvalue weighted by molar-refractivity contribution is 6.46. The standard InChI is InChI=1S/C22H23NO6/c1-28-16-8-4-14(5-9-16)19-18(21(26)22(27)23(19)12-3-13-24)20(25)15-6-10-17(29-2)11-7-15/h4-11,19,24-25H,3,12-13H2,1-2H3. The number of amides is 1. The van der Waals surface area contributed by atoms with Crippen molar-refractivity contribution in [2.75, 3.05) is 27.4 Å². The number of hydrogen-bond donors (Lipinski definition) is 2. The first-order valence-electron chi connectivity index (χ1n) is 9.19. The zero-order chi connectivity index (χ0) is 21.0. The number of nitrogens with zero attached hydrogens (tertiary/aromatic N) is 1. The van der Waals surface area contributed by atoms with Crippen LogP contribution in [0.2, 0.25) is 0 Å². The molecule has 7 nitrogen and oxygen atoms in total. The highest BCUT2D eigenvalue weighted by Crippen LogP contribution is 2.40. The van der Waals surface area contributed by atoms with E-state index in [0.29, 0.717) is 29.0 Å². The van der Waals surface area contributed by atoms with Crippen LogP contribution in [-0.4, -0.2) is 54.2 Å². The van der Waals surface area contributed by atoms with Gasteiger partial charge in [0, 0.05) is 18.7 Å². The van der Waals surface area contributed by atoms with Crippen molar-refractivity contribution < 1.29 is 29.3 Å². The monoisotopic (exact) mass is 397 g/mol. The molecule has 1 unspecified atom stereocenters. The SMILES string of the molecule is COc1ccc(C(O)=C2C(=O)C(=O)N(CCCO)C2c2ccc(OC)cc2)cc1. The lowest BCUT2D eigenvalue weighted by Crippen LogP contribution is -2.31. The van der Waals surface area contributed by atoms with Crippen LogP contribution in [-0.2, 0) is 9.59 Å². The molecule has 1 saturated heterocycles. The van der Waals surface area contributed by atoms with Crippen molar-refractivity contribution >= 4 is 17.4 Å². The van der Waals surface area contributed by atoms with Gasteiger partial charge in [0.05, 0.1) is 25.8 Å². The lowest BCUT2D eigenvalue weighted by atomic mass is 9.95. The van der Waals surface area contributed by atoms with Crippen molar-refractivity contribution in [1.82, 2.24) is 4.90 Å². The molecule has 3 rings (SSSR count). The van der Waals surface area contributed by atoms with Crippen LogP contribution in [0.15, 0.2) is 54.1 Å². The van der Waals surface area contributed by atoms with Crippen molar-refractivity contribution in [2.24, 2.45) is 0 Å². The molecule has 2 aromatic rings. The topological polar surface area (TPSA) is 96.3 Å². The van der Waals surface area contributed by atoms with Crippen LogP contribution < -0.4 is 9.47 Å². The Morgan fingerprint density at radius 3 is 2.03 bits per heavy atom. The Balaban J connectivity index is 2.11. The number of ether oxygens (including phenoxy) is 2. The summed E-state index contributed by atoms with van der Waals surface area (Å²) in [5.41, 5.74) is 1.09. The van der Waals surface area contributed by atoms with Crippen molar-refractivity contribution in [3.8, 4) is 11.5 Å². The van der Waals surface area contributed by atoms with E-state index in [1.807, 2.05) is 0 Å². The third kappa shape index (κ3) is 3.95. The summed E-state index contributed by atoms with van der Waals surface area (Å²) in [6.45, 7) is 0.0774. The van der Waals surface area contributed by atoms with Crippen molar-refractivity contribution in [3.63, 3.8) is 0 Å². The van der Waals surface area contributed by atoms with Crippen LogP contribution in [0.4, 0.5) is 0 Å². The Bertz CT molecular complexity index is 917. The Labute approximate surface area is 168 Å². The number of rotatable bonds is 7. The fourth-order valence-corrected chi connectivity index (χ4v) is 3.39. The number of benzene rings is 2. The molecule has 29 heavy (non-hydrogen) atoms. The molecule has 1 fully saturated rings. The molecule has 0 aromatic heterocycles. The summed E-state index contributed by atoms with van der Waals surface area (Å²) in [4.78, 5) is 26.9. The number of methoxy groups -OCH3 is 2. The summed E-state index contributed by atoms with van der Waals surface area (Å²) in [6.07, 6.45) is 0.322. The van der Waals surface area contributed by atoms with Crippen molar-refractivity contribution in [1.29, 1.82) is 0 Å². The largest absolute Gasteiger partial charge is 0.507 e. The molecular weight excluding hydrogens is 374 g/mol. The molecule has 1 aliphatic rings. The molecule has 152 valence electrons. The van der Waals surface area contributed by atoms with E-state index in [4.69, 9.17) is 9.47 Å². The van der Waals surface area contributed by atoms with Gasteiger partial charge in [-0.25, -0.2) is 0 Å². The molecule has 2 aromatic carbocycles. The quantitative estimate of drug-likeness (QED) is 0.423. The minimum absolute atomic E-state index is 0.0169. The number of hydrogen-bond acceptors (Lipinski definition) is 6. The molecule has 7 heteroatoms. The van der Waals surface area contributed by atoms with Crippen LogP contribution >= 0.6 is 0 Å². The summed E-state index contributed by atoms with van der Waals surface area (Å²) in [5, 5.41) is 20.1. The van der Waals surface area contributed by atoms with Gasteiger partial charge in [-0.2, -0.15) is 0 Å². The van der Waals surface area contributed by atoms with Gasteiger partial charge < -0.3 is 24.6 Å². The summed E-state index contributed by atoms with van der Waals surface area (Å²) < 4.78 is 10.3. The maximum Gasteiger partial charge on any atom is 0.295 e. The number of aliphatic hydroxyl groups excluding tert-OH is 2. The highest BCUT2D eigenvalue weighted by Gasteiger charge is 2.45. The minimum atomic E-state index is -0.755. The van der Waals surface area contributed by atoms with Crippen molar-refractivity contribution in [3.05, 3.63) is 65.2 Å². The van der Waals surface area contributed by atoms with Crippen molar-refractivity contribution in [2.45, 2.75) is 12.5 Å². The van der Waals surface area contributed by atoms with E-state index in [1.54, 1.807) is 55.6 Å². The fraction of sp³-hybridized carbons (Fsp3) is 0.273. The van der Waals surface area contributed by atoms with E-state index < -0.39 is 17.7 Å². The number of carbonyl (C=O) groups is 2. The molecule has 1 atom stereocenters. The molecule has 1 aliphatic heterocycles. The Morgan fingerprint density at radius 1 is 0.966 bits per heavy atom. The smallest absolute Gasteiger partial charge is 0.295 e. The van der Waals surface area contributed by atoms with Gasteiger partial charge in [-0.15, -0.1) is 0 Å². The fourth-order valence-electron chi connectivity index (χ4n) is 3.39. The van der Waals surface area contributed by atoms with Crippen LogP contribution in [0.25, 0.3) is 5.76 Å². The lowest BCUT2D eigenvalue weighted by molar-refractivity contribution is -0.140. The predicted molar refractivity (Wildman–Crippen MR) is 107 cm³/mol. The second-order valence-electron chi connectivity index (χ2n) is 6.57. The molecule has 0 saturated carbocycles. The van der Waals surface area contributed by atoms with Crippen LogP contribution in [0.3, 0.4) is 0 Å². The second-order valence-corrected chi connectivity index (χ2v) is 6.57. The van der Waals surface area contributed by atoms with Gasteiger partial charge in [0.1, 0.15) is 17.3 Å². The Hall–Kier alpha value is -3.32. The van der Waals surface area contributed by atoms with Gasteiger partial charge in [0.2, 0.25) is 0 Å². The first-order valence-corrected chi connectivity index (χ1v) is 9.19. The molecule has 0 spiro atoms. The zero-order valence-corrected chi connectivity index (χ0v) is 16.3. The third-order valence-electron chi connectivity index (χ3n) is 4.89. The molecule has 1 heterocycles. The predicted octanol–water partition coefficient (Wildman–Crippen LogP) is 2.51. The highest BCUT2D eigenvalue weighted by atomic mass is 16.5. The summed E-state index contributed by atoms with van der Waals surface area (Å²) in [5.74, 6) is -0.461.